The Morgan fingerprint density at radius 3 is 1.17 bits per heavy atom. The molecule has 0 aromatic heterocycles. The third kappa shape index (κ3) is 30.9. The largest absolute Gasteiger partial charge is 0.490 e. The van der Waals surface area contributed by atoms with Gasteiger partial charge >= 0.3 is 7.12 Å². The van der Waals surface area contributed by atoms with Crippen LogP contribution in [0.1, 0.15) is 156 Å². The molecule has 460 valence electrons. The van der Waals surface area contributed by atoms with Gasteiger partial charge in [0.15, 0.2) is 0 Å². The molecule has 4 amide bonds. The molecule has 5 rings (SSSR count). The van der Waals surface area contributed by atoms with Gasteiger partial charge in [-0.2, -0.15) is 0 Å². The van der Waals surface area contributed by atoms with Crippen LogP contribution in [0, 0.1) is 69.6 Å². The van der Waals surface area contributed by atoms with Crippen LogP contribution in [0.5, 0.6) is 0 Å². The second-order valence-corrected chi connectivity index (χ2v) is 24.1. The van der Waals surface area contributed by atoms with E-state index >= 15 is 0 Å². The highest BCUT2D eigenvalue weighted by molar-refractivity contribution is 9.11. The van der Waals surface area contributed by atoms with Crippen molar-refractivity contribution in [3.8, 4) is 0 Å². The van der Waals surface area contributed by atoms with E-state index in [1.54, 1.807) is 91.8 Å². The summed E-state index contributed by atoms with van der Waals surface area (Å²) in [7, 11) is -1.59. The number of nitro benzene ring substituents is 2. The lowest BCUT2D eigenvalue weighted by Gasteiger charge is -2.19. The van der Waals surface area contributed by atoms with Crippen molar-refractivity contribution in [3.63, 3.8) is 0 Å². The Morgan fingerprint density at radius 1 is 0.463 bits per heavy atom. The van der Waals surface area contributed by atoms with Gasteiger partial charge in [0.05, 0.1) is 9.85 Å². The van der Waals surface area contributed by atoms with E-state index in [2.05, 4.69) is 69.1 Å². The zero-order valence-electron chi connectivity index (χ0n) is 47.5. The highest BCUT2D eigenvalue weighted by Crippen LogP contribution is 2.34. The maximum Gasteiger partial charge on any atom is 0.490 e. The number of benzene rings is 5. The molecule has 5 aromatic carbocycles. The fourth-order valence-corrected chi connectivity index (χ4v) is 7.06. The molecule has 17 nitrogen and oxygen atoms in total. The second-order valence-electron chi connectivity index (χ2n) is 21.3. The lowest BCUT2D eigenvalue weighted by Crippen LogP contribution is -2.36. The normalized spacial score (nSPS) is 10.1. The molecule has 0 saturated heterocycles. The van der Waals surface area contributed by atoms with Gasteiger partial charge in [-0.25, -0.2) is 0 Å². The van der Waals surface area contributed by atoms with Crippen LogP contribution in [0.25, 0.3) is 0 Å². The first-order valence-corrected chi connectivity index (χ1v) is 26.7. The molecule has 0 aliphatic carbocycles. The number of halogens is 3. The third-order valence-electron chi connectivity index (χ3n) is 10.3. The van der Waals surface area contributed by atoms with E-state index in [0.29, 0.717) is 31.2 Å². The number of hydrogen-bond donors (Lipinski definition) is 7. The van der Waals surface area contributed by atoms with Crippen LogP contribution in [0.2, 0.25) is 0 Å². The van der Waals surface area contributed by atoms with E-state index < -0.39 is 27.8 Å². The summed E-state index contributed by atoms with van der Waals surface area (Å²) < 4.78 is 2.30. The molecule has 0 aliphatic rings. The van der Waals surface area contributed by atoms with Gasteiger partial charge in [-0.15, -0.1) is 0 Å². The average molecular weight is 1340 g/mol. The van der Waals surface area contributed by atoms with E-state index in [4.69, 9.17) is 15.8 Å². The minimum Gasteiger partial charge on any atom is -0.423 e. The summed E-state index contributed by atoms with van der Waals surface area (Å²) in [4.78, 5) is 67.5. The highest BCUT2D eigenvalue weighted by Gasteiger charge is 2.27. The Balaban J connectivity index is -0.000000216. The number of carbonyl (C=O) groups excluding carboxylic acids is 4. The van der Waals surface area contributed by atoms with Gasteiger partial charge < -0.3 is 37.0 Å². The summed E-state index contributed by atoms with van der Waals surface area (Å²) in [5, 5.41) is 50.8. The minimum atomic E-state index is -1.59. The number of carbonyl (C=O) groups is 4. The van der Waals surface area contributed by atoms with Gasteiger partial charge in [0.1, 0.15) is 11.4 Å². The number of rotatable bonds is 7. The summed E-state index contributed by atoms with van der Waals surface area (Å²) in [6, 6.07) is 26.4. The number of amides is 4. The molecule has 0 saturated carbocycles. The predicted octanol–water partition coefficient (Wildman–Crippen LogP) is 17.2. The molecule has 0 unspecified atom stereocenters. The fourth-order valence-electron chi connectivity index (χ4n) is 5.47. The van der Waals surface area contributed by atoms with Crippen LogP contribution >= 0.6 is 47.8 Å². The van der Waals surface area contributed by atoms with E-state index in [1.807, 2.05) is 112 Å². The Labute approximate surface area is 517 Å². The molecule has 0 spiro atoms. The molecule has 0 aliphatic heterocycles. The van der Waals surface area contributed by atoms with Crippen LogP contribution in [-0.2, 0) is 19.2 Å². The topological polar surface area (TPSA) is 269 Å². The zero-order chi connectivity index (χ0) is 60.1. The average Bonchev–Trinajstić information content (AvgIpc) is 3.30. The van der Waals surface area contributed by atoms with Gasteiger partial charge in [-0.05, 0) is 92.4 Å². The van der Waals surface area contributed by atoms with Crippen molar-refractivity contribution in [1.29, 1.82) is 0 Å². The second kappa shape index (κ2) is 38.7. The van der Waals surface area contributed by atoms with Crippen LogP contribution in [0.4, 0.5) is 39.8 Å². The number of nitrogens with two attached hydrogens (primary N) is 1. The zero-order valence-corrected chi connectivity index (χ0v) is 52.3. The van der Waals surface area contributed by atoms with Gasteiger partial charge in [-0.1, -0.05) is 218 Å². The third-order valence-corrected chi connectivity index (χ3v) is 11.7. The first-order valence-electron chi connectivity index (χ1n) is 24.4. The lowest BCUT2D eigenvalue weighted by atomic mass is 9.79. The van der Waals surface area contributed by atoms with Gasteiger partial charge in [0.2, 0.25) is 23.6 Å². The highest BCUT2D eigenvalue weighted by atomic mass is 79.9. The van der Waals surface area contributed by atoms with E-state index in [-0.39, 0.29) is 94.3 Å². The standard InChI is InChI=1S/C12H15BrN2O3.C12H16BrNO.C12H17NO.C11H16BNO3.C7H7BrN2O2.C2H6.5CH4/c1-7-5-8(13)6-9(15(17)18)10(7)14-11(16)12(2,3)4;1-8-7-9(13)5-6-10(8)14-11(15)12(2,3)4;1-9-7-5-6-8-10(9)13-11(14)12(2,3)4;1-11(2,3)10(14)13-9-7-5-4-6-8(9)12(15)16;1-4-2-5(8)3-6(7(4)9)10(11)12;1-2;;;;;/h5-6H,1-4H3,(H,14,16);5-7H,1-4H3,(H,14,15);5-8H,1-4H3,(H,13,14);4-7,15-16H,1-3H3,(H,13,14);2-3H,9H2,1H3;1-2H3;5*1H4. The molecular weight excluding hydrogens is 1240 g/mol. The summed E-state index contributed by atoms with van der Waals surface area (Å²) in [5.41, 5.74) is 9.96. The molecule has 0 bridgehead atoms. The molecule has 0 heterocycles. The Hall–Kier alpha value is -6.00. The van der Waals surface area contributed by atoms with Crippen molar-refractivity contribution in [2.24, 2.45) is 21.7 Å². The fraction of sp³-hybridized carbons (Fsp3) is 0.443. The van der Waals surface area contributed by atoms with E-state index in [0.717, 1.165) is 27.0 Å². The molecule has 5 aromatic rings. The smallest absolute Gasteiger partial charge is 0.423 e. The first kappa shape index (κ1) is 87.2. The van der Waals surface area contributed by atoms with Crippen LogP contribution in [0.3, 0.4) is 0 Å². The summed E-state index contributed by atoms with van der Waals surface area (Å²) >= 11 is 9.75. The molecular formula is C61H97BBr3N7O10. The van der Waals surface area contributed by atoms with E-state index in [1.165, 1.54) is 12.1 Å². The molecule has 21 heteroatoms. The number of hydrogen-bond acceptors (Lipinski definition) is 11. The maximum atomic E-state index is 11.9. The van der Waals surface area contributed by atoms with Crippen LogP contribution in [-0.4, -0.2) is 50.6 Å². The van der Waals surface area contributed by atoms with Gasteiger partial charge in [-0.3, -0.25) is 39.4 Å². The molecule has 0 radical (unpaired) electrons. The summed E-state index contributed by atoms with van der Waals surface area (Å²) in [6.07, 6.45) is 0. The van der Waals surface area contributed by atoms with E-state index in [9.17, 15) is 39.4 Å². The minimum absolute atomic E-state index is 0. The molecule has 82 heavy (non-hydrogen) atoms. The summed E-state index contributed by atoms with van der Waals surface area (Å²) in [6.45, 7) is 33.4. The lowest BCUT2D eigenvalue weighted by molar-refractivity contribution is -0.384. The quantitative estimate of drug-likeness (QED) is 0.0348. The van der Waals surface area contributed by atoms with Crippen molar-refractivity contribution in [2.75, 3.05) is 27.0 Å². The molecule has 0 atom stereocenters. The predicted molar refractivity (Wildman–Crippen MR) is 359 cm³/mol. The molecule has 0 fully saturated rings. The monoisotopic (exact) mass is 1340 g/mol. The molecule has 8 N–H and O–H groups in total. The van der Waals surface area contributed by atoms with Crippen molar-refractivity contribution in [3.05, 3.63) is 147 Å². The number of anilines is 5. The van der Waals surface area contributed by atoms with Crippen molar-refractivity contribution >= 4 is 124 Å². The number of nitrogens with zero attached hydrogens (tertiary/aromatic N) is 2. The Morgan fingerprint density at radius 2 is 0.793 bits per heavy atom. The Kier molecular flexibility index (Phi) is 41.2. The maximum absolute atomic E-state index is 11.9. The van der Waals surface area contributed by atoms with Gasteiger partial charge in [0, 0.05) is 69.7 Å². The van der Waals surface area contributed by atoms with Crippen molar-refractivity contribution in [2.45, 2.75) is 162 Å². The SMILES string of the molecule is C.C.C.C.C.CC.CC(C)(C)C(=O)Nc1ccccc1B(O)O.Cc1cc(Br)cc([N+](=O)[O-])c1N.Cc1cc(Br)cc([N+](=O)[O-])c1NC(=O)C(C)(C)C.Cc1cc(Br)ccc1NC(=O)C(C)(C)C.Cc1ccccc1NC(=O)C(C)(C)C. The number of aryl methyl sites for hydroxylation is 4. The Bertz CT molecular complexity index is 2840. The number of nitrogen functional groups attached to an aromatic ring is 1. The number of nitrogens with one attached hydrogen (secondary N) is 4. The van der Waals surface area contributed by atoms with Crippen molar-refractivity contribution < 1.29 is 39.1 Å². The summed E-state index contributed by atoms with van der Waals surface area (Å²) in [5.74, 6) is -0.337. The number of nitro groups is 2. The first-order chi connectivity index (χ1) is 35.2. The van der Waals surface area contributed by atoms with Crippen LogP contribution < -0.4 is 32.5 Å². The van der Waals surface area contributed by atoms with Gasteiger partial charge in [0.25, 0.3) is 11.4 Å². The van der Waals surface area contributed by atoms with Crippen molar-refractivity contribution in [1.82, 2.24) is 0 Å². The van der Waals surface area contributed by atoms with Crippen LogP contribution in [0.15, 0.2) is 104 Å². The number of para-hydroxylation sites is 2.